The maximum absolute atomic E-state index is 12.8. The number of carbonyl (C=O) groups is 1. The van der Waals surface area contributed by atoms with Gasteiger partial charge in [0.05, 0.1) is 0 Å². The molecule has 3 nitrogen and oxygen atoms in total. The topological polar surface area (TPSA) is 23.6 Å². The molecule has 0 atom stereocenters. The van der Waals surface area contributed by atoms with Gasteiger partial charge in [0.1, 0.15) is 0 Å². The van der Waals surface area contributed by atoms with Gasteiger partial charge in [0, 0.05) is 25.8 Å². The number of nitrogens with zero attached hydrogens (tertiary/aromatic N) is 2. The molecule has 0 saturated carbocycles. The van der Waals surface area contributed by atoms with Crippen molar-refractivity contribution in [2.45, 2.75) is 25.7 Å². The maximum atomic E-state index is 12.8. The number of para-hydroxylation sites is 1. The first-order valence-electron chi connectivity index (χ1n) is 8.40. The van der Waals surface area contributed by atoms with Gasteiger partial charge in [-0.2, -0.15) is 0 Å². The minimum Gasteiger partial charge on any atom is -0.327 e. The van der Waals surface area contributed by atoms with E-state index in [1.807, 2.05) is 29.0 Å². The van der Waals surface area contributed by atoms with Crippen LogP contribution in [-0.2, 0) is 12.8 Å². The number of rotatable bonds is 4. The summed E-state index contributed by atoms with van der Waals surface area (Å²) in [4.78, 5) is 16.5. The zero-order valence-electron chi connectivity index (χ0n) is 13.7. The molecule has 120 valence electrons. The zero-order valence-corrected chi connectivity index (χ0v) is 13.7. The third kappa shape index (κ3) is 3.73. The molecule has 1 aliphatic rings. The lowest BCUT2D eigenvalue weighted by atomic mass is 10.0. The molecule has 1 heterocycles. The third-order valence-electron chi connectivity index (χ3n) is 4.47. The fourth-order valence-electron chi connectivity index (χ4n) is 3.20. The zero-order chi connectivity index (χ0) is 16.1. The van der Waals surface area contributed by atoms with E-state index in [0.29, 0.717) is 0 Å². The van der Waals surface area contributed by atoms with Crippen LogP contribution in [0.2, 0.25) is 0 Å². The van der Waals surface area contributed by atoms with E-state index in [1.54, 1.807) is 0 Å². The summed E-state index contributed by atoms with van der Waals surface area (Å²) in [6, 6.07) is 18.8. The summed E-state index contributed by atoms with van der Waals surface area (Å²) in [7, 11) is 1.91. The molecule has 3 rings (SSSR count). The van der Waals surface area contributed by atoms with Crippen LogP contribution in [0.3, 0.4) is 0 Å². The Labute approximate surface area is 138 Å². The molecule has 0 aliphatic carbocycles. The van der Waals surface area contributed by atoms with Gasteiger partial charge in [0.25, 0.3) is 0 Å². The Hall–Kier alpha value is -2.29. The fourth-order valence-corrected chi connectivity index (χ4v) is 3.20. The van der Waals surface area contributed by atoms with Crippen molar-refractivity contribution in [2.75, 3.05) is 25.0 Å². The summed E-state index contributed by atoms with van der Waals surface area (Å²) >= 11 is 0. The monoisotopic (exact) mass is 308 g/mol. The molecule has 3 heteroatoms. The average molecular weight is 308 g/mol. The van der Waals surface area contributed by atoms with Crippen LogP contribution >= 0.6 is 0 Å². The largest absolute Gasteiger partial charge is 0.327 e. The molecule has 2 amide bonds. The molecule has 0 aromatic heterocycles. The van der Waals surface area contributed by atoms with Crippen LogP contribution in [0.5, 0.6) is 0 Å². The number of aryl methyl sites for hydroxylation is 2. The van der Waals surface area contributed by atoms with Gasteiger partial charge in [-0.1, -0.05) is 48.5 Å². The van der Waals surface area contributed by atoms with E-state index in [9.17, 15) is 4.79 Å². The van der Waals surface area contributed by atoms with E-state index in [1.165, 1.54) is 11.1 Å². The molecule has 0 saturated heterocycles. The Bertz CT molecular complexity index is 654. The van der Waals surface area contributed by atoms with Crippen molar-refractivity contribution < 1.29 is 4.79 Å². The van der Waals surface area contributed by atoms with E-state index in [-0.39, 0.29) is 6.03 Å². The number of amides is 2. The fraction of sp³-hybridized carbons (Fsp3) is 0.350. The number of urea groups is 1. The Morgan fingerprint density at radius 1 is 1.09 bits per heavy atom. The van der Waals surface area contributed by atoms with E-state index in [0.717, 1.165) is 44.5 Å². The second-order valence-electron chi connectivity index (χ2n) is 6.18. The second-order valence-corrected chi connectivity index (χ2v) is 6.18. The van der Waals surface area contributed by atoms with Gasteiger partial charge in [0.15, 0.2) is 0 Å². The maximum Gasteiger partial charge on any atom is 0.324 e. The quantitative estimate of drug-likeness (QED) is 0.833. The van der Waals surface area contributed by atoms with Crippen LogP contribution < -0.4 is 4.90 Å². The highest BCUT2D eigenvalue weighted by atomic mass is 16.2. The Morgan fingerprint density at radius 3 is 2.65 bits per heavy atom. The highest BCUT2D eigenvalue weighted by Crippen LogP contribution is 2.27. The summed E-state index contributed by atoms with van der Waals surface area (Å²) in [5.41, 5.74) is 3.69. The van der Waals surface area contributed by atoms with Gasteiger partial charge in [-0.25, -0.2) is 4.79 Å². The SMILES string of the molecule is CN(CCCc1ccccc1)C(=O)N1CCCc2ccccc21. The van der Waals surface area contributed by atoms with Crippen molar-refractivity contribution in [3.8, 4) is 0 Å². The summed E-state index contributed by atoms with van der Waals surface area (Å²) in [5, 5.41) is 0. The first kappa shape index (κ1) is 15.6. The summed E-state index contributed by atoms with van der Waals surface area (Å²) in [5.74, 6) is 0. The Kier molecular flexibility index (Phi) is 4.96. The number of carbonyl (C=O) groups excluding carboxylic acids is 1. The predicted octanol–water partition coefficient (Wildman–Crippen LogP) is 4.12. The van der Waals surface area contributed by atoms with Crippen LogP contribution in [0.4, 0.5) is 10.5 Å². The third-order valence-corrected chi connectivity index (χ3v) is 4.47. The van der Waals surface area contributed by atoms with Gasteiger partial charge in [-0.05, 0) is 42.9 Å². The Morgan fingerprint density at radius 2 is 1.83 bits per heavy atom. The van der Waals surface area contributed by atoms with E-state index >= 15 is 0 Å². The van der Waals surface area contributed by atoms with Crippen LogP contribution in [0, 0.1) is 0 Å². The molecule has 2 aromatic carbocycles. The lowest BCUT2D eigenvalue weighted by Gasteiger charge is -2.32. The summed E-state index contributed by atoms with van der Waals surface area (Å²) in [6.07, 6.45) is 4.11. The lowest BCUT2D eigenvalue weighted by Crippen LogP contribution is -2.44. The lowest BCUT2D eigenvalue weighted by molar-refractivity contribution is 0.214. The summed E-state index contributed by atoms with van der Waals surface area (Å²) in [6.45, 7) is 1.60. The van der Waals surface area contributed by atoms with Gasteiger partial charge in [0.2, 0.25) is 0 Å². The molecular weight excluding hydrogens is 284 g/mol. The molecule has 2 aromatic rings. The van der Waals surface area contributed by atoms with Crippen LogP contribution in [-0.4, -0.2) is 31.1 Å². The first-order chi connectivity index (χ1) is 11.3. The molecule has 0 N–H and O–H groups in total. The molecule has 0 spiro atoms. The van der Waals surface area contributed by atoms with Gasteiger partial charge in [-0.15, -0.1) is 0 Å². The smallest absolute Gasteiger partial charge is 0.324 e. The van der Waals surface area contributed by atoms with Crippen molar-refractivity contribution >= 4 is 11.7 Å². The molecule has 0 radical (unpaired) electrons. The molecular formula is C20H24N2O. The molecule has 1 aliphatic heterocycles. The van der Waals surface area contributed by atoms with Crippen LogP contribution in [0.1, 0.15) is 24.0 Å². The minimum atomic E-state index is 0.116. The number of fused-ring (bicyclic) bond motifs is 1. The average Bonchev–Trinajstić information content (AvgIpc) is 2.61. The van der Waals surface area contributed by atoms with Crippen LogP contribution in [0.25, 0.3) is 0 Å². The van der Waals surface area contributed by atoms with Gasteiger partial charge in [-0.3, -0.25) is 4.90 Å². The predicted molar refractivity (Wildman–Crippen MR) is 94.9 cm³/mol. The standard InChI is InChI=1S/C20H24N2O/c1-21(15-7-11-17-9-3-2-4-10-17)20(23)22-16-8-13-18-12-5-6-14-19(18)22/h2-6,9-10,12,14H,7-8,11,13,15-16H2,1H3. The molecule has 23 heavy (non-hydrogen) atoms. The van der Waals surface area contributed by atoms with Gasteiger partial charge >= 0.3 is 6.03 Å². The van der Waals surface area contributed by atoms with Crippen molar-refractivity contribution in [1.29, 1.82) is 0 Å². The summed E-state index contributed by atoms with van der Waals surface area (Å²) < 4.78 is 0. The number of anilines is 1. The van der Waals surface area contributed by atoms with E-state index < -0.39 is 0 Å². The number of hydrogen-bond acceptors (Lipinski definition) is 1. The van der Waals surface area contributed by atoms with Gasteiger partial charge < -0.3 is 4.90 Å². The molecule has 0 fully saturated rings. The molecule has 0 bridgehead atoms. The normalized spacial score (nSPS) is 13.5. The first-order valence-corrected chi connectivity index (χ1v) is 8.40. The second kappa shape index (κ2) is 7.32. The van der Waals surface area contributed by atoms with Crippen molar-refractivity contribution in [1.82, 2.24) is 4.90 Å². The minimum absolute atomic E-state index is 0.116. The van der Waals surface area contributed by atoms with Crippen molar-refractivity contribution in [3.63, 3.8) is 0 Å². The highest BCUT2D eigenvalue weighted by molar-refractivity contribution is 5.93. The van der Waals surface area contributed by atoms with Crippen molar-refractivity contribution in [2.24, 2.45) is 0 Å². The van der Waals surface area contributed by atoms with Crippen molar-refractivity contribution in [3.05, 3.63) is 65.7 Å². The highest BCUT2D eigenvalue weighted by Gasteiger charge is 2.24. The number of benzene rings is 2. The number of hydrogen-bond donors (Lipinski definition) is 0. The molecule has 0 unspecified atom stereocenters. The Balaban J connectivity index is 1.58. The van der Waals surface area contributed by atoms with E-state index in [4.69, 9.17) is 0 Å². The van der Waals surface area contributed by atoms with E-state index in [2.05, 4.69) is 42.5 Å². The van der Waals surface area contributed by atoms with Crippen LogP contribution in [0.15, 0.2) is 54.6 Å².